The van der Waals surface area contributed by atoms with E-state index in [2.05, 4.69) is 34.1 Å². The van der Waals surface area contributed by atoms with Crippen molar-refractivity contribution in [2.45, 2.75) is 133 Å². The Morgan fingerprint density at radius 1 is 1.05 bits per heavy atom. The van der Waals surface area contributed by atoms with E-state index in [1.54, 1.807) is 25.7 Å². The van der Waals surface area contributed by atoms with E-state index in [-0.39, 0.29) is 31.4 Å². The lowest BCUT2D eigenvalue weighted by molar-refractivity contribution is -0.143. The summed E-state index contributed by atoms with van der Waals surface area (Å²) in [5.41, 5.74) is 0.450. The van der Waals surface area contributed by atoms with Crippen molar-refractivity contribution in [1.82, 2.24) is 25.2 Å². The zero-order chi connectivity index (χ0) is 40.0. The maximum atomic E-state index is 14.6. The molecule has 7 rings (SSSR count). The van der Waals surface area contributed by atoms with Crippen molar-refractivity contribution in [2.24, 2.45) is 16.7 Å². The Morgan fingerprint density at radius 3 is 2.48 bits per heavy atom. The molecule has 15 heteroatoms. The molecule has 4 fully saturated rings. The second kappa shape index (κ2) is 15.2. The topological polar surface area (TPSA) is 181 Å². The molecule has 3 N–H and O–H groups in total. The van der Waals surface area contributed by atoms with E-state index in [9.17, 15) is 32.4 Å². The minimum absolute atomic E-state index is 0.0846. The van der Waals surface area contributed by atoms with E-state index >= 15 is 0 Å². The van der Waals surface area contributed by atoms with Gasteiger partial charge in [-0.2, -0.15) is 0 Å². The van der Waals surface area contributed by atoms with Gasteiger partial charge < -0.3 is 25.0 Å². The Labute approximate surface area is 329 Å². The molecule has 0 aromatic heterocycles. The normalized spacial score (nSPS) is 30.1. The monoisotopic (exact) mass is 793 g/mol. The van der Waals surface area contributed by atoms with Gasteiger partial charge in [0.15, 0.2) is 0 Å². The van der Waals surface area contributed by atoms with E-state index in [4.69, 9.17) is 9.47 Å². The summed E-state index contributed by atoms with van der Waals surface area (Å²) >= 11 is 0. The third-order valence-corrected chi connectivity index (χ3v) is 14.4. The van der Waals surface area contributed by atoms with Gasteiger partial charge in [-0.05, 0) is 67.1 Å². The molecule has 304 valence electrons. The number of carbonyl (C=O) groups excluding carboxylic acids is 5. The van der Waals surface area contributed by atoms with Gasteiger partial charge in [0.2, 0.25) is 21.8 Å². The number of rotatable bonds is 6. The Hall–Kier alpha value is -4.40. The number of carbonyl (C=O) groups is 5. The smallest absolute Gasteiger partial charge is 0.410 e. The van der Waals surface area contributed by atoms with Gasteiger partial charge in [-0.3, -0.25) is 24.0 Å². The number of nitrogens with zero attached hydrogens (tertiary/aromatic N) is 2. The SMILES string of the molecule is C=C[C@@H]1C[C@]1(NC(=O)C1C[C@@H]2CN1C(=O)[C@H](C(C)(C)C)NC(=O)OCC1(CC/C=C/c3cccc4c3CN(C4)C(=O)O2)CCCCC1)C(=O)NS(=O)(=O)C1CC1. The lowest BCUT2D eigenvalue weighted by Gasteiger charge is -2.38. The molecule has 5 amide bonds. The number of amides is 5. The summed E-state index contributed by atoms with van der Waals surface area (Å²) in [4.78, 5) is 72.7. The zero-order valence-electron chi connectivity index (χ0n) is 32.6. The number of nitrogens with one attached hydrogen (secondary N) is 3. The highest BCUT2D eigenvalue weighted by Crippen LogP contribution is 2.46. The maximum absolute atomic E-state index is 14.6. The number of sulfonamides is 1. The van der Waals surface area contributed by atoms with Crippen LogP contribution in [0.4, 0.5) is 9.59 Å². The van der Waals surface area contributed by atoms with Crippen LogP contribution in [-0.2, 0) is 47.0 Å². The minimum Gasteiger partial charge on any atom is -0.449 e. The fraction of sp³-hybridized carbons (Fsp3) is 0.634. The van der Waals surface area contributed by atoms with Crippen LogP contribution >= 0.6 is 0 Å². The molecule has 5 atom stereocenters. The van der Waals surface area contributed by atoms with Crippen molar-refractivity contribution < 1.29 is 41.9 Å². The number of allylic oxidation sites excluding steroid dienone is 1. The average Bonchev–Trinajstić information content (AvgIpc) is 4.05. The van der Waals surface area contributed by atoms with Crippen LogP contribution in [0.2, 0.25) is 0 Å². The molecule has 1 spiro atoms. The van der Waals surface area contributed by atoms with Crippen LogP contribution in [0.5, 0.6) is 0 Å². The van der Waals surface area contributed by atoms with Crippen LogP contribution in [-0.4, -0.2) is 90.3 Å². The molecular weight excluding hydrogens is 739 g/mol. The molecule has 1 saturated heterocycles. The molecule has 4 bridgehead atoms. The maximum Gasteiger partial charge on any atom is 0.410 e. The summed E-state index contributed by atoms with van der Waals surface area (Å²) in [6, 6.07) is 3.64. The molecule has 14 nitrogen and oxygen atoms in total. The number of cyclic esters (lactones) is 1. The number of ether oxygens (including phenoxy) is 2. The van der Waals surface area contributed by atoms with Crippen LogP contribution in [0.25, 0.3) is 6.08 Å². The minimum atomic E-state index is -3.92. The van der Waals surface area contributed by atoms with E-state index in [0.29, 0.717) is 25.9 Å². The van der Waals surface area contributed by atoms with Crippen molar-refractivity contribution in [1.29, 1.82) is 0 Å². The Kier molecular flexibility index (Phi) is 10.8. The van der Waals surface area contributed by atoms with Gasteiger partial charge in [-0.15, -0.1) is 6.58 Å². The fourth-order valence-corrected chi connectivity index (χ4v) is 10.3. The first-order valence-electron chi connectivity index (χ1n) is 20.0. The molecule has 56 heavy (non-hydrogen) atoms. The van der Waals surface area contributed by atoms with Crippen molar-refractivity contribution in [3.8, 4) is 0 Å². The highest BCUT2D eigenvalue weighted by molar-refractivity contribution is 7.91. The lowest BCUT2D eigenvalue weighted by Crippen LogP contribution is -2.60. The van der Waals surface area contributed by atoms with Gasteiger partial charge in [-0.25, -0.2) is 18.0 Å². The van der Waals surface area contributed by atoms with Crippen LogP contribution in [0.3, 0.4) is 0 Å². The molecule has 3 aliphatic heterocycles. The van der Waals surface area contributed by atoms with E-state index in [1.807, 2.05) is 18.2 Å². The highest BCUT2D eigenvalue weighted by atomic mass is 32.2. The number of alkyl carbamates (subject to hydrolysis) is 1. The highest BCUT2D eigenvalue weighted by Gasteiger charge is 2.62. The summed E-state index contributed by atoms with van der Waals surface area (Å²) < 4.78 is 39.5. The van der Waals surface area contributed by atoms with Crippen LogP contribution in [0.1, 0.15) is 108 Å². The molecule has 1 aromatic rings. The van der Waals surface area contributed by atoms with Crippen molar-refractivity contribution in [3.05, 3.63) is 53.6 Å². The van der Waals surface area contributed by atoms with Crippen molar-refractivity contribution in [3.63, 3.8) is 0 Å². The third kappa shape index (κ3) is 8.19. The summed E-state index contributed by atoms with van der Waals surface area (Å²) in [6.07, 6.45) is 11.1. The Balaban J connectivity index is 1.18. The lowest BCUT2D eigenvalue weighted by atomic mass is 9.71. The first-order chi connectivity index (χ1) is 26.5. The Bertz CT molecular complexity index is 1910. The van der Waals surface area contributed by atoms with Gasteiger partial charge in [0.1, 0.15) is 23.7 Å². The molecule has 1 unspecified atom stereocenters. The zero-order valence-corrected chi connectivity index (χ0v) is 33.5. The van der Waals surface area contributed by atoms with Crippen LogP contribution in [0.15, 0.2) is 36.9 Å². The summed E-state index contributed by atoms with van der Waals surface area (Å²) in [6.45, 7) is 9.91. The molecule has 3 aliphatic carbocycles. The predicted octanol–water partition coefficient (Wildman–Crippen LogP) is 4.68. The molecular formula is C41H55N5O9S. The van der Waals surface area contributed by atoms with Crippen LogP contribution < -0.4 is 15.4 Å². The van der Waals surface area contributed by atoms with Crippen LogP contribution in [0, 0.1) is 16.7 Å². The van der Waals surface area contributed by atoms with Gasteiger partial charge in [0.25, 0.3) is 5.91 Å². The van der Waals surface area contributed by atoms with Gasteiger partial charge in [-0.1, -0.05) is 76.5 Å². The number of hydrogen-bond donors (Lipinski definition) is 3. The fourth-order valence-electron chi connectivity index (χ4n) is 8.91. The first-order valence-corrected chi connectivity index (χ1v) is 21.6. The quantitative estimate of drug-likeness (QED) is 0.345. The van der Waals surface area contributed by atoms with E-state index in [0.717, 1.165) is 61.6 Å². The van der Waals surface area contributed by atoms with Gasteiger partial charge in [0, 0.05) is 24.3 Å². The number of fused-ring (bicyclic) bond motifs is 3. The third-order valence-electron chi connectivity index (χ3n) is 12.6. The molecule has 0 radical (unpaired) electrons. The van der Waals surface area contributed by atoms with E-state index in [1.165, 1.54) is 11.0 Å². The summed E-state index contributed by atoms with van der Waals surface area (Å²) in [7, 11) is -3.92. The second-order valence-corrected chi connectivity index (χ2v) is 19.8. The van der Waals surface area contributed by atoms with Gasteiger partial charge >= 0.3 is 12.2 Å². The van der Waals surface area contributed by atoms with Crippen molar-refractivity contribution in [2.75, 3.05) is 13.2 Å². The van der Waals surface area contributed by atoms with E-state index < -0.39 is 80.2 Å². The number of benzene rings is 1. The summed E-state index contributed by atoms with van der Waals surface area (Å²) in [5, 5.41) is 4.93. The Morgan fingerprint density at radius 2 is 1.80 bits per heavy atom. The van der Waals surface area contributed by atoms with Crippen molar-refractivity contribution >= 4 is 46.0 Å². The number of hydrogen-bond acceptors (Lipinski definition) is 9. The molecule has 6 aliphatic rings. The summed E-state index contributed by atoms with van der Waals surface area (Å²) in [5.74, 6) is -2.69. The molecule has 3 heterocycles. The molecule has 1 aromatic carbocycles. The average molecular weight is 794 g/mol. The van der Waals surface area contributed by atoms with Gasteiger partial charge in [0.05, 0.1) is 24.9 Å². The molecule has 3 saturated carbocycles. The standard InChI is InChI=1S/C41H55N5O9S/c1-5-28-21-41(28,36(49)44-56(52,53)30-15-16-30)43-34(47)32-20-29-23-46(32)35(48)33(39(2,3)4)42-37(50)54-25-40(17-8-6-9-18-40)19-10-7-12-26-13-11-14-27-22-45(24-31(26)27)38(51)55-29/h5,7,11-14,28-30,32-33H,1,6,8-10,15-25H2,2-4H3,(H,42,50)(H,43,47)(H,44,49)/b12-7+/t28-,29-,32?,33-,41-/m1/s1. The largest absolute Gasteiger partial charge is 0.449 e. The first kappa shape index (κ1) is 39.8. The predicted molar refractivity (Wildman–Crippen MR) is 207 cm³/mol. The second-order valence-electron chi connectivity index (χ2n) is 17.8.